The van der Waals surface area contributed by atoms with Crippen LogP contribution in [0.2, 0.25) is 0 Å². The molecule has 0 saturated carbocycles. The second-order valence-corrected chi connectivity index (χ2v) is 9.44. The number of anilines is 2. The maximum atomic E-state index is 13.2. The molecule has 10 heteroatoms. The Morgan fingerprint density at radius 1 is 1.00 bits per heavy atom. The van der Waals surface area contributed by atoms with Crippen LogP contribution in [-0.2, 0) is 17.5 Å². The number of hydrogen-bond acceptors (Lipinski definition) is 3. The van der Waals surface area contributed by atoms with Gasteiger partial charge in [-0.05, 0) is 71.2 Å². The molecule has 0 spiro atoms. The average Bonchev–Trinajstić information content (AvgIpc) is 3.14. The summed E-state index contributed by atoms with van der Waals surface area (Å²) in [6.07, 6.45) is -4.51. The quantitative estimate of drug-likeness (QED) is 0.329. The number of carboxylic acid groups (broad SMARTS) is 1. The van der Waals surface area contributed by atoms with Gasteiger partial charge in [-0.15, -0.1) is 0 Å². The fourth-order valence-corrected chi connectivity index (χ4v) is 4.62. The molecule has 1 heterocycles. The van der Waals surface area contributed by atoms with Gasteiger partial charge in [-0.2, -0.15) is 13.2 Å². The molecule has 0 radical (unpaired) electrons. The van der Waals surface area contributed by atoms with E-state index in [2.05, 4.69) is 10.6 Å². The molecule has 0 aromatic heterocycles. The van der Waals surface area contributed by atoms with E-state index >= 15 is 0 Å². The number of thiocarbonyl (C=S) groups is 1. The molecular weight excluding hydrogens is 503 g/mol. The van der Waals surface area contributed by atoms with Crippen molar-refractivity contribution in [1.29, 1.82) is 0 Å². The highest BCUT2D eigenvalue weighted by atomic mass is 32.1. The van der Waals surface area contributed by atoms with Crippen molar-refractivity contribution in [2.24, 2.45) is 5.92 Å². The van der Waals surface area contributed by atoms with Gasteiger partial charge < -0.3 is 20.6 Å². The zero-order chi connectivity index (χ0) is 26.9. The molecule has 3 aromatic carbocycles. The van der Waals surface area contributed by atoms with Crippen molar-refractivity contribution in [2.75, 3.05) is 10.6 Å². The lowest BCUT2D eigenvalue weighted by atomic mass is 10.0. The summed E-state index contributed by atoms with van der Waals surface area (Å²) >= 11 is 5.19. The Balaban J connectivity index is 1.47. The van der Waals surface area contributed by atoms with Crippen LogP contribution in [0.3, 0.4) is 0 Å². The third-order valence-corrected chi connectivity index (χ3v) is 6.32. The lowest BCUT2D eigenvalue weighted by molar-refractivity contribution is -0.144. The fourth-order valence-electron chi connectivity index (χ4n) is 4.40. The normalized spacial score (nSPS) is 13.9. The SMILES string of the molecule is CC(C)C(C(=O)O)N1Cc2cc(-c3ccc(NC(=S)Nc4ccccc4C(F)(F)F)cc3)ccc2C1=O. The highest BCUT2D eigenvalue weighted by Gasteiger charge is 2.38. The summed E-state index contributed by atoms with van der Waals surface area (Å²) in [6.45, 7) is 3.76. The van der Waals surface area contributed by atoms with Crippen LogP contribution in [0, 0.1) is 5.92 Å². The van der Waals surface area contributed by atoms with Gasteiger partial charge in [0.05, 0.1) is 11.3 Å². The minimum atomic E-state index is -4.51. The number of alkyl halides is 3. The number of para-hydroxylation sites is 1. The van der Waals surface area contributed by atoms with Crippen LogP contribution >= 0.6 is 12.2 Å². The maximum absolute atomic E-state index is 13.2. The molecule has 0 fully saturated rings. The third kappa shape index (κ3) is 5.59. The molecule has 1 aliphatic heterocycles. The van der Waals surface area contributed by atoms with Gasteiger partial charge in [-0.3, -0.25) is 4.79 Å². The number of aliphatic carboxylic acids is 1. The molecule has 0 bridgehead atoms. The average molecular weight is 528 g/mol. The van der Waals surface area contributed by atoms with E-state index in [4.69, 9.17) is 12.2 Å². The highest BCUT2D eigenvalue weighted by Crippen LogP contribution is 2.35. The van der Waals surface area contributed by atoms with E-state index < -0.39 is 23.8 Å². The number of carbonyl (C=O) groups is 2. The van der Waals surface area contributed by atoms with Crippen LogP contribution in [0.4, 0.5) is 24.5 Å². The second kappa shape index (κ2) is 10.2. The van der Waals surface area contributed by atoms with Gasteiger partial charge in [-0.25, -0.2) is 4.79 Å². The molecule has 4 rings (SSSR count). The number of amides is 1. The van der Waals surface area contributed by atoms with Gasteiger partial charge >= 0.3 is 12.1 Å². The van der Waals surface area contributed by atoms with E-state index in [9.17, 15) is 27.9 Å². The number of halogens is 3. The van der Waals surface area contributed by atoms with Crippen LogP contribution in [0.15, 0.2) is 66.7 Å². The van der Waals surface area contributed by atoms with Crippen molar-refractivity contribution in [1.82, 2.24) is 4.90 Å². The molecule has 3 N–H and O–H groups in total. The number of carbonyl (C=O) groups excluding carboxylic acids is 1. The van der Waals surface area contributed by atoms with Crippen LogP contribution < -0.4 is 10.6 Å². The molecule has 1 aliphatic rings. The summed E-state index contributed by atoms with van der Waals surface area (Å²) in [6, 6.07) is 16.7. The predicted molar refractivity (Wildman–Crippen MR) is 139 cm³/mol. The van der Waals surface area contributed by atoms with E-state index in [-0.39, 0.29) is 29.2 Å². The zero-order valence-electron chi connectivity index (χ0n) is 20.0. The largest absolute Gasteiger partial charge is 0.480 e. The minimum Gasteiger partial charge on any atom is -0.480 e. The maximum Gasteiger partial charge on any atom is 0.418 e. The Kier molecular flexibility index (Phi) is 7.22. The molecule has 1 atom stereocenters. The first-order valence-electron chi connectivity index (χ1n) is 11.5. The Morgan fingerprint density at radius 2 is 1.65 bits per heavy atom. The van der Waals surface area contributed by atoms with Crippen molar-refractivity contribution >= 4 is 40.6 Å². The second-order valence-electron chi connectivity index (χ2n) is 9.03. The van der Waals surface area contributed by atoms with Crippen molar-refractivity contribution in [3.8, 4) is 11.1 Å². The van der Waals surface area contributed by atoms with Crippen molar-refractivity contribution in [2.45, 2.75) is 32.6 Å². The first-order valence-corrected chi connectivity index (χ1v) is 11.9. The third-order valence-electron chi connectivity index (χ3n) is 6.11. The van der Waals surface area contributed by atoms with E-state index in [1.54, 1.807) is 38.1 Å². The fraction of sp³-hybridized carbons (Fsp3) is 0.222. The zero-order valence-corrected chi connectivity index (χ0v) is 20.8. The van der Waals surface area contributed by atoms with Gasteiger partial charge in [0.1, 0.15) is 6.04 Å². The van der Waals surface area contributed by atoms with Gasteiger partial charge in [0.2, 0.25) is 0 Å². The summed E-state index contributed by atoms with van der Waals surface area (Å²) < 4.78 is 39.6. The number of rotatable bonds is 6. The Labute approximate surface area is 217 Å². The van der Waals surface area contributed by atoms with Crippen LogP contribution in [0.1, 0.15) is 35.3 Å². The smallest absolute Gasteiger partial charge is 0.418 e. The topological polar surface area (TPSA) is 81.7 Å². The van der Waals surface area contributed by atoms with E-state index in [0.717, 1.165) is 22.8 Å². The number of nitrogens with zero attached hydrogens (tertiary/aromatic N) is 1. The number of hydrogen-bond donors (Lipinski definition) is 3. The van der Waals surface area contributed by atoms with Gasteiger partial charge in [0, 0.05) is 17.8 Å². The van der Waals surface area contributed by atoms with Gasteiger partial charge in [-0.1, -0.05) is 44.2 Å². The summed E-state index contributed by atoms with van der Waals surface area (Å²) in [4.78, 5) is 25.9. The molecule has 1 amide bonds. The molecule has 0 aliphatic carbocycles. The molecule has 37 heavy (non-hydrogen) atoms. The van der Waals surface area contributed by atoms with Crippen molar-refractivity contribution < 1.29 is 27.9 Å². The van der Waals surface area contributed by atoms with E-state index in [1.807, 2.05) is 18.2 Å². The van der Waals surface area contributed by atoms with E-state index in [1.165, 1.54) is 23.1 Å². The number of fused-ring (bicyclic) bond motifs is 1. The molecule has 0 saturated heterocycles. The van der Waals surface area contributed by atoms with Crippen molar-refractivity contribution in [3.05, 3.63) is 83.4 Å². The minimum absolute atomic E-state index is 0.0127. The molecule has 1 unspecified atom stereocenters. The number of carboxylic acids is 1. The predicted octanol–water partition coefficient (Wildman–Crippen LogP) is 6.25. The first-order chi connectivity index (χ1) is 17.5. The summed E-state index contributed by atoms with van der Waals surface area (Å²) in [5, 5.41) is 15.1. The molecule has 3 aromatic rings. The highest BCUT2D eigenvalue weighted by molar-refractivity contribution is 7.80. The molecule has 192 valence electrons. The lowest BCUT2D eigenvalue weighted by Gasteiger charge is -2.27. The van der Waals surface area contributed by atoms with E-state index in [0.29, 0.717) is 11.3 Å². The van der Waals surface area contributed by atoms with Gasteiger partial charge in [0.15, 0.2) is 5.11 Å². The van der Waals surface area contributed by atoms with Crippen LogP contribution in [-0.4, -0.2) is 33.0 Å². The van der Waals surface area contributed by atoms with Crippen molar-refractivity contribution in [3.63, 3.8) is 0 Å². The Morgan fingerprint density at radius 3 is 2.27 bits per heavy atom. The lowest BCUT2D eigenvalue weighted by Crippen LogP contribution is -2.44. The number of nitrogens with one attached hydrogen (secondary N) is 2. The van der Waals surface area contributed by atoms with Gasteiger partial charge in [0.25, 0.3) is 5.91 Å². The molecular formula is C27H24F3N3O3S. The standard InChI is InChI=1S/C27H24F3N3O3S/c1-15(2)23(25(35)36)33-14-18-13-17(9-12-20(18)24(33)34)16-7-10-19(11-8-16)31-26(37)32-22-6-4-3-5-21(22)27(28,29)30/h3-13,15,23H,14H2,1-2H3,(H,35,36)(H2,31,32,37). The molecule has 6 nitrogen and oxygen atoms in total. The first kappa shape index (κ1) is 26.2. The summed E-state index contributed by atoms with van der Waals surface area (Å²) in [5.41, 5.74) is 2.55. The number of benzene rings is 3. The Bertz CT molecular complexity index is 1360. The van der Waals surface area contributed by atoms with Crippen LogP contribution in [0.5, 0.6) is 0 Å². The summed E-state index contributed by atoms with van der Waals surface area (Å²) in [5.74, 6) is -1.57. The monoisotopic (exact) mass is 527 g/mol. The van der Waals surface area contributed by atoms with Crippen LogP contribution in [0.25, 0.3) is 11.1 Å². The Hall–Kier alpha value is -3.92. The summed E-state index contributed by atoms with van der Waals surface area (Å²) in [7, 11) is 0.